The number of hydrogen-bond acceptors (Lipinski definition) is 0. The van der Waals surface area contributed by atoms with Gasteiger partial charge >= 0.3 is 0 Å². The molecular weight excluding hydrogens is 334 g/mol. The Labute approximate surface area is 138 Å². The lowest BCUT2D eigenvalue weighted by atomic mass is 10.1. The molecule has 0 fully saturated rings. The van der Waals surface area contributed by atoms with Crippen molar-refractivity contribution in [3.8, 4) is 5.69 Å². The highest BCUT2D eigenvalue weighted by Gasteiger charge is 2.11. The van der Waals surface area contributed by atoms with Crippen LogP contribution >= 0.6 is 15.9 Å². The van der Waals surface area contributed by atoms with E-state index in [0.717, 1.165) is 10.9 Å². The van der Waals surface area contributed by atoms with E-state index in [4.69, 9.17) is 0 Å². The average Bonchev–Trinajstić information content (AvgIpc) is 2.89. The summed E-state index contributed by atoms with van der Waals surface area (Å²) in [4.78, 5) is 0. The van der Waals surface area contributed by atoms with Crippen LogP contribution in [-0.4, -0.2) is 4.57 Å². The van der Waals surface area contributed by atoms with E-state index in [-0.39, 0.29) is 0 Å². The largest absolute Gasteiger partial charge is 0.309 e. The van der Waals surface area contributed by atoms with Gasteiger partial charge in [0.1, 0.15) is 0 Å². The third-order valence-electron chi connectivity index (χ3n) is 4.23. The van der Waals surface area contributed by atoms with Crippen LogP contribution in [0.2, 0.25) is 0 Å². The Morgan fingerprint density at radius 1 is 0.818 bits per heavy atom. The van der Waals surface area contributed by atoms with Crippen LogP contribution in [0.1, 0.15) is 12.5 Å². The number of halogens is 1. The van der Waals surface area contributed by atoms with Gasteiger partial charge in [-0.2, -0.15) is 0 Å². The summed E-state index contributed by atoms with van der Waals surface area (Å²) in [6, 6.07) is 24.0. The molecule has 0 radical (unpaired) electrons. The first-order chi connectivity index (χ1) is 10.8. The summed E-state index contributed by atoms with van der Waals surface area (Å²) in [5.41, 5.74) is 5.10. The predicted molar refractivity (Wildman–Crippen MR) is 97.9 cm³/mol. The number of aromatic nitrogens is 1. The highest BCUT2D eigenvalue weighted by atomic mass is 79.9. The summed E-state index contributed by atoms with van der Waals surface area (Å²) in [7, 11) is 0. The zero-order valence-corrected chi connectivity index (χ0v) is 14.0. The van der Waals surface area contributed by atoms with Crippen molar-refractivity contribution >= 4 is 37.7 Å². The molecule has 0 aliphatic heterocycles. The Morgan fingerprint density at radius 3 is 2.32 bits per heavy atom. The van der Waals surface area contributed by atoms with Gasteiger partial charge in [-0.3, -0.25) is 0 Å². The molecule has 108 valence electrons. The van der Waals surface area contributed by atoms with Gasteiger partial charge in [0, 0.05) is 20.9 Å². The van der Waals surface area contributed by atoms with Crippen LogP contribution in [0.5, 0.6) is 0 Å². The van der Waals surface area contributed by atoms with Crippen molar-refractivity contribution < 1.29 is 0 Å². The summed E-state index contributed by atoms with van der Waals surface area (Å²) in [6.45, 7) is 2.20. The van der Waals surface area contributed by atoms with E-state index < -0.39 is 0 Å². The third-order valence-corrected chi connectivity index (χ3v) is 4.76. The van der Waals surface area contributed by atoms with Gasteiger partial charge in [-0.15, -0.1) is 0 Å². The summed E-state index contributed by atoms with van der Waals surface area (Å²) in [6.07, 6.45) is 1.05. The quantitative estimate of drug-likeness (QED) is 0.411. The molecule has 22 heavy (non-hydrogen) atoms. The molecule has 2 heteroatoms. The molecule has 1 nitrogen and oxygen atoms in total. The molecule has 0 bridgehead atoms. The van der Waals surface area contributed by atoms with Gasteiger partial charge in [-0.25, -0.2) is 0 Å². The lowest BCUT2D eigenvalue weighted by Crippen LogP contribution is -1.93. The molecule has 0 atom stereocenters. The van der Waals surface area contributed by atoms with E-state index in [1.807, 2.05) is 0 Å². The topological polar surface area (TPSA) is 4.93 Å². The standard InChI is InChI=1S/C20H16BrN/c1-2-14-7-12-18-17-5-3-4-6-19(17)22(20(18)13-14)16-10-8-15(21)9-11-16/h3-13H,2H2,1H3. The van der Waals surface area contributed by atoms with Gasteiger partial charge in [-0.05, 0) is 48.4 Å². The molecule has 0 saturated carbocycles. The first kappa shape index (κ1) is 13.6. The van der Waals surface area contributed by atoms with E-state index >= 15 is 0 Å². The van der Waals surface area contributed by atoms with Gasteiger partial charge in [0.25, 0.3) is 0 Å². The van der Waals surface area contributed by atoms with Crippen LogP contribution in [0, 0.1) is 0 Å². The summed E-state index contributed by atoms with van der Waals surface area (Å²) in [5, 5.41) is 2.62. The maximum absolute atomic E-state index is 3.52. The van der Waals surface area contributed by atoms with Crippen LogP contribution in [0.4, 0.5) is 0 Å². The molecule has 0 N–H and O–H groups in total. The molecule has 3 aromatic carbocycles. The Bertz CT molecular complexity index is 964. The maximum Gasteiger partial charge on any atom is 0.0543 e. The second-order valence-corrected chi connectivity index (χ2v) is 6.45. The highest BCUT2D eigenvalue weighted by molar-refractivity contribution is 9.10. The number of nitrogens with zero attached hydrogens (tertiary/aromatic N) is 1. The first-order valence-electron chi connectivity index (χ1n) is 7.56. The van der Waals surface area contributed by atoms with Crippen molar-refractivity contribution in [2.24, 2.45) is 0 Å². The molecule has 0 aliphatic rings. The Morgan fingerprint density at radius 2 is 1.55 bits per heavy atom. The van der Waals surface area contributed by atoms with Gasteiger partial charge in [-0.1, -0.05) is 53.2 Å². The second kappa shape index (κ2) is 5.29. The molecule has 0 aliphatic carbocycles. The molecule has 0 amide bonds. The number of benzene rings is 3. The zero-order valence-electron chi connectivity index (χ0n) is 12.4. The van der Waals surface area contributed by atoms with Crippen LogP contribution < -0.4 is 0 Å². The first-order valence-corrected chi connectivity index (χ1v) is 8.35. The smallest absolute Gasteiger partial charge is 0.0543 e. The van der Waals surface area contributed by atoms with Crippen LogP contribution in [0.25, 0.3) is 27.5 Å². The highest BCUT2D eigenvalue weighted by Crippen LogP contribution is 2.32. The average molecular weight is 350 g/mol. The minimum absolute atomic E-state index is 1.05. The lowest BCUT2D eigenvalue weighted by molar-refractivity contribution is 1.13. The third kappa shape index (κ3) is 2.06. The van der Waals surface area contributed by atoms with Crippen molar-refractivity contribution in [2.75, 3.05) is 0 Å². The summed E-state index contributed by atoms with van der Waals surface area (Å²) >= 11 is 3.52. The van der Waals surface area contributed by atoms with Crippen molar-refractivity contribution in [2.45, 2.75) is 13.3 Å². The molecule has 0 unspecified atom stereocenters. The van der Waals surface area contributed by atoms with Crippen LogP contribution in [-0.2, 0) is 6.42 Å². The normalized spacial score (nSPS) is 11.4. The van der Waals surface area contributed by atoms with Crippen LogP contribution in [0.15, 0.2) is 71.2 Å². The van der Waals surface area contributed by atoms with E-state index in [0.29, 0.717) is 0 Å². The Balaban J connectivity index is 2.14. The molecule has 0 spiro atoms. The summed E-state index contributed by atoms with van der Waals surface area (Å²) < 4.78 is 3.46. The SMILES string of the molecule is CCc1ccc2c3ccccc3n(-c3ccc(Br)cc3)c2c1. The second-order valence-electron chi connectivity index (χ2n) is 5.53. The van der Waals surface area contributed by atoms with Crippen molar-refractivity contribution in [1.82, 2.24) is 4.57 Å². The molecule has 4 aromatic rings. The number of rotatable bonds is 2. The van der Waals surface area contributed by atoms with Gasteiger partial charge in [0.2, 0.25) is 0 Å². The minimum atomic E-state index is 1.05. The monoisotopic (exact) mass is 349 g/mol. The number of fused-ring (bicyclic) bond motifs is 3. The molecule has 1 heterocycles. The van der Waals surface area contributed by atoms with Crippen molar-refractivity contribution in [3.05, 3.63) is 76.8 Å². The molecular formula is C20H16BrN. The number of aryl methyl sites for hydroxylation is 1. The predicted octanol–water partition coefficient (Wildman–Crippen LogP) is 6.11. The fourth-order valence-corrected chi connectivity index (χ4v) is 3.37. The number of hydrogen-bond donors (Lipinski definition) is 0. The van der Waals surface area contributed by atoms with E-state index in [2.05, 4.69) is 94.2 Å². The van der Waals surface area contributed by atoms with Gasteiger partial charge < -0.3 is 4.57 Å². The molecule has 0 saturated heterocycles. The molecule has 1 aromatic heterocycles. The zero-order chi connectivity index (χ0) is 15.1. The van der Waals surface area contributed by atoms with E-state index in [1.54, 1.807) is 0 Å². The Hall–Kier alpha value is -2.06. The van der Waals surface area contributed by atoms with Gasteiger partial charge in [0.05, 0.1) is 11.0 Å². The van der Waals surface area contributed by atoms with Crippen molar-refractivity contribution in [1.29, 1.82) is 0 Å². The Kier molecular flexibility index (Phi) is 3.27. The van der Waals surface area contributed by atoms with E-state index in [1.165, 1.54) is 33.1 Å². The van der Waals surface area contributed by atoms with Crippen molar-refractivity contribution in [3.63, 3.8) is 0 Å². The number of para-hydroxylation sites is 1. The van der Waals surface area contributed by atoms with Crippen LogP contribution in [0.3, 0.4) is 0 Å². The fourth-order valence-electron chi connectivity index (χ4n) is 3.10. The fraction of sp³-hybridized carbons (Fsp3) is 0.100. The molecule has 4 rings (SSSR count). The summed E-state index contributed by atoms with van der Waals surface area (Å²) in [5.74, 6) is 0. The van der Waals surface area contributed by atoms with Gasteiger partial charge in [0.15, 0.2) is 0 Å². The maximum atomic E-state index is 3.52. The lowest BCUT2D eigenvalue weighted by Gasteiger charge is -2.08. The minimum Gasteiger partial charge on any atom is -0.309 e. The van der Waals surface area contributed by atoms with E-state index in [9.17, 15) is 0 Å².